The Bertz CT molecular complexity index is 706. The zero-order valence-electron chi connectivity index (χ0n) is 15.1. The number of nitrogens with zero attached hydrogens (tertiary/aromatic N) is 1. The van der Waals surface area contributed by atoms with Crippen LogP contribution in [0.5, 0.6) is 0 Å². The Labute approximate surface area is 145 Å². The molecule has 0 unspecified atom stereocenters. The van der Waals surface area contributed by atoms with Crippen LogP contribution >= 0.6 is 0 Å². The summed E-state index contributed by atoms with van der Waals surface area (Å²) in [5.74, 6) is 0.172. The van der Waals surface area contributed by atoms with Crippen LogP contribution in [0.2, 0.25) is 0 Å². The Morgan fingerprint density at radius 3 is 2.42 bits per heavy atom. The molecular formula is C21H28N2O. The number of aromatic nitrogens is 1. The van der Waals surface area contributed by atoms with Crippen molar-refractivity contribution in [1.29, 1.82) is 0 Å². The van der Waals surface area contributed by atoms with Crippen LogP contribution in [-0.4, -0.2) is 16.9 Å². The Hall–Kier alpha value is -2.03. The van der Waals surface area contributed by atoms with Gasteiger partial charge in [-0.15, -0.1) is 0 Å². The number of hydrogen-bond acceptors (Lipinski definition) is 2. The molecule has 2 aromatic rings. The molecule has 0 saturated heterocycles. The van der Waals surface area contributed by atoms with E-state index < -0.39 is 0 Å². The van der Waals surface area contributed by atoms with Gasteiger partial charge < -0.3 is 9.88 Å². The van der Waals surface area contributed by atoms with Crippen molar-refractivity contribution in [2.75, 3.05) is 11.9 Å². The third kappa shape index (κ3) is 3.55. The van der Waals surface area contributed by atoms with E-state index >= 15 is 0 Å². The molecular weight excluding hydrogens is 296 g/mol. The van der Waals surface area contributed by atoms with Crippen molar-refractivity contribution >= 4 is 11.5 Å². The van der Waals surface area contributed by atoms with Crippen molar-refractivity contribution in [3.05, 3.63) is 52.8 Å². The number of carbonyl (C=O) groups is 1. The first-order chi connectivity index (χ1) is 11.6. The van der Waals surface area contributed by atoms with Crippen molar-refractivity contribution in [1.82, 2.24) is 4.57 Å². The second-order valence-corrected chi connectivity index (χ2v) is 7.09. The topological polar surface area (TPSA) is 34.0 Å². The lowest BCUT2D eigenvalue weighted by molar-refractivity contribution is 0.101. The van der Waals surface area contributed by atoms with E-state index in [-0.39, 0.29) is 5.78 Å². The largest absolute Gasteiger partial charge is 0.378 e. The van der Waals surface area contributed by atoms with Gasteiger partial charge in [-0.1, -0.05) is 37.0 Å². The molecule has 3 nitrogen and oxygen atoms in total. The number of nitrogens with one attached hydrogen (secondary N) is 1. The number of aryl methyl sites for hydroxylation is 2. The molecule has 24 heavy (non-hydrogen) atoms. The SMILES string of the molecule is Cc1ccc(NCC(=O)c2cc(C)n(C3CCCCC3)c2C)cc1. The lowest BCUT2D eigenvalue weighted by atomic mass is 9.95. The van der Waals surface area contributed by atoms with Gasteiger partial charge in [0.05, 0.1) is 6.54 Å². The number of anilines is 1. The fourth-order valence-electron chi connectivity index (χ4n) is 3.91. The highest BCUT2D eigenvalue weighted by Crippen LogP contribution is 2.32. The molecule has 1 N–H and O–H groups in total. The minimum atomic E-state index is 0.172. The van der Waals surface area contributed by atoms with Gasteiger partial charge in [0.25, 0.3) is 0 Å². The molecule has 1 fully saturated rings. The number of Topliss-reactive ketones (excluding diaryl/α,β-unsaturated/α-hetero) is 1. The number of benzene rings is 1. The molecule has 0 atom stereocenters. The molecule has 0 bridgehead atoms. The van der Waals surface area contributed by atoms with Crippen LogP contribution in [0.25, 0.3) is 0 Å². The first kappa shape index (κ1) is 16.8. The van der Waals surface area contributed by atoms with Crippen LogP contribution in [0, 0.1) is 20.8 Å². The fraction of sp³-hybridized carbons (Fsp3) is 0.476. The molecule has 3 heteroatoms. The highest BCUT2D eigenvalue weighted by molar-refractivity contribution is 6.00. The maximum Gasteiger partial charge on any atom is 0.183 e. The third-order valence-electron chi connectivity index (χ3n) is 5.23. The summed E-state index contributed by atoms with van der Waals surface area (Å²) in [6, 6.07) is 10.8. The smallest absolute Gasteiger partial charge is 0.183 e. The first-order valence-electron chi connectivity index (χ1n) is 9.08. The normalized spacial score (nSPS) is 15.5. The number of ketones is 1. The van der Waals surface area contributed by atoms with Crippen molar-refractivity contribution < 1.29 is 4.79 Å². The zero-order chi connectivity index (χ0) is 17.1. The van der Waals surface area contributed by atoms with Crippen LogP contribution in [0.15, 0.2) is 30.3 Å². The summed E-state index contributed by atoms with van der Waals surface area (Å²) < 4.78 is 2.40. The third-order valence-corrected chi connectivity index (χ3v) is 5.23. The Balaban J connectivity index is 1.71. The molecule has 0 spiro atoms. The zero-order valence-corrected chi connectivity index (χ0v) is 15.1. The van der Waals surface area contributed by atoms with Crippen molar-refractivity contribution in [3.8, 4) is 0 Å². The fourth-order valence-corrected chi connectivity index (χ4v) is 3.91. The van der Waals surface area contributed by atoms with Gasteiger partial charge in [-0.05, 0) is 51.8 Å². The van der Waals surface area contributed by atoms with Crippen molar-refractivity contribution in [2.24, 2.45) is 0 Å². The molecule has 1 aromatic carbocycles. The lowest BCUT2D eigenvalue weighted by Gasteiger charge is -2.26. The van der Waals surface area contributed by atoms with Crippen molar-refractivity contribution in [2.45, 2.75) is 58.9 Å². The molecule has 1 aliphatic carbocycles. The molecule has 128 valence electrons. The van der Waals surface area contributed by atoms with Crippen LogP contribution in [0.3, 0.4) is 0 Å². The molecule has 0 radical (unpaired) electrons. The van der Waals surface area contributed by atoms with Gasteiger partial charge in [-0.3, -0.25) is 4.79 Å². The second kappa shape index (κ2) is 7.25. The number of hydrogen-bond donors (Lipinski definition) is 1. The van der Waals surface area contributed by atoms with Gasteiger partial charge in [0.15, 0.2) is 5.78 Å². The predicted molar refractivity (Wildman–Crippen MR) is 100 cm³/mol. The molecule has 1 aliphatic rings. The standard InChI is InChI=1S/C21H28N2O/c1-15-9-11-18(12-10-15)22-14-21(24)20-13-16(2)23(17(20)3)19-7-5-4-6-8-19/h9-13,19,22H,4-8,14H2,1-3H3. The van der Waals surface area contributed by atoms with E-state index in [1.165, 1.54) is 43.4 Å². The van der Waals surface area contributed by atoms with E-state index in [2.05, 4.69) is 48.9 Å². The summed E-state index contributed by atoms with van der Waals surface area (Å²) in [4.78, 5) is 12.7. The monoisotopic (exact) mass is 324 g/mol. The highest BCUT2D eigenvalue weighted by atomic mass is 16.1. The van der Waals surface area contributed by atoms with Crippen LogP contribution in [0.1, 0.15) is 65.5 Å². The summed E-state index contributed by atoms with van der Waals surface area (Å²) in [5.41, 5.74) is 5.45. The summed E-state index contributed by atoms with van der Waals surface area (Å²) in [5, 5.41) is 3.25. The van der Waals surface area contributed by atoms with Gasteiger partial charge in [0.2, 0.25) is 0 Å². The summed E-state index contributed by atoms with van der Waals surface area (Å²) in [6.07, 6.45) is 6.44. The highest BCUT2D eigenvalue weighted by Gasteiger charge is 2.22. The van der Waals surface area contributed by atoms with E-state index in [1.54, 1.807) is 0 Å². The van der Waals surface area contributed by atoms with Gasteiger partial charge in [-0.2, -0.15) is 0 Å². The van der Waals surface area contributed by atoms with E-state index in [0.717, 1.165) is 16.9 Å². The number of rotatable bonds is 5. The van der Waals surface area contributed by atoms with E-state index in [0.29, 0.717) is 12.6 Å². The minimum Gasteiger partial charge on any atom is -0.378 e. The van der Waals surface area contributed by atoms with Gasteiger partial charge >= 0.3 is 0 Å². The molecule has 1 saturated carbocycles. The Morgan fingerprint density at radius 2 is 1.75 bits per heavy atom. The molecule has 0 amide bonds. The Morgan fingerprint density at radius 1 is 1.08 bits per heavy atom. The van der Waals surface area contributed by atoms with Crippen molar-refractivity contribution in [3.63, 3.8) is 0 Å². The maximum atomic E-state index is 12.7. The minimum absolute atomic E-state index is 0.172. The van der Waals surface area contributed by atoms with Gasteiger partial charge in [-0.25, -0.2) is 0 Å². The van der Waals surface area contributed by atoms with E-state index in [1.807, 2.05) is 12.1 Å². The summed E-state index contributed by atoms with van der Waals surface area (Å²) in [7, 11) is 0. The predicted octanol–water partition coefficient (Wildman–Crippen LogP) is 5.21. The Kier molecular flexibility index (Phi) is 5.08. The van der Waals surface area contributed by atoms with Crippen LogP contribution in [-0.2, 0) is 0 Å². The average molecular weight is 324 g/mol. The van der Waals surface area contributed by atoms with Gasteiger partial charge in [0.1, 0.15) is 0 Å². The number of carbonyl (C=O) groups excluding carboxylic acids is 1. The summed E-state index contributed by atoms with van der Waals surface area (Å²) >= 11 is 0. The van der Waals surface area contributed by atoms with E-state index in [9.17, 15) is 4.79 Å². The van der Waals surface area contributed by atoms with Gasteiger partial charge in [0, 0.05) is 28.7 Å². The quantitative estimate of drug-likeness (QED) is 0.766. The molecule has 1 aromatic heterocycles. The average Bonchev–Trinajstić information content (AvgIpc) is 2.89. The first-order valence-corrected chi connectivity index (χ1v) is 9.08. The second-order valence-electron chi connectivity index (χ2n) is 7.09. The van der Waals surface area contributed by atoms with Crippen LogP contribution in [0.4, 0.5) is 5.69 Å². The lowest BCUT2D eigenvalue weighted by Crippen LogP contribution is -2.17. The molecule has 3 rings (SSSR count). The molecule has 1 heterocycles. The summed E-state index contributed by atoms with van der Waals surface area (Å²) in [6.45, 7) is 6.64. The van der Waals surface area contributed by atoms with E-state index in [4.69, 9.17) is 0 Å². The maximum absolute atomic E-state index is 12.7. The molecule has 0 aliphatic heterocycles. The van der Waals surface area contributed by atoms with Crippen LogP contribution < -0.4 is 5.32 Å².